The van der Waals surface area contributed by atoms with Crippen molar-refractivity contribution in [2.45, 2.75) is 11.8 Å². The van der Waals surface area contributed by atoms with Crippen LogP contribution < -0.4 is 0 Å². The number of Topliss-reactive ketones (excluding diaryl/α,β-unsaturated/α-hetero) is 1. The third-order valence-electron chi connectivity index (χ3n) is 1.64. The Morgan fingerprint density at radius 3 is 2.25 bits per heavy atom. The minimum atomic E-state index is 0.00177. The number of allylic oxidation sites excluding steroid dienone is 1. The van der Waals surface area contributed by atoms with Gasteiger partial charge in [-0.2, -0.15) is 0 Å². The van der Waals surface area contributed by atoms with Crippen molar-refractivity contribution in [2.24, 2.45) is 0 Å². The first kappa shape index (κ1) is 9.07. The molecule has 0 radical (unpaired) electrons. The Hall–Kier alpha value is -1.02. The first-order valence-electron chi connectivity index (χ1n) is 3.60. The van der Waals surface area contributed by atoms with Crippen LogP contribution in [0.25, 0.3) is 5.57 Å². The van der Waals surface area contributed by atoms with Crippen molar-refractivity contribution in [3.8, 4) is 0 Å². The number of ketones is 1. The summed E-state index contributed by atoms with van der Waals surface area (Å²) in [5.74, 6) is 0.00177. The third kappa shape index (κ3) is 1.98. The molecule has 1 aromatic carbocycles. The zero-order valence-corrected chi connectivity index (χ0v) is 7.77. The van der Waals surface area contributed by atoms with Crippen LogP contribution in [0.1, 0.15) is 12.5 Å². The first-order chi connectivity index (χ1) is 5.61. The largest absolute Gasteiger partial charge is 0.295 e. The molecular formula is C10H10OS. The highest BCUT2D eigenvalue weighted by Gasteiger charge is 2.02. The van der Waals surface area contributed by atoms with Gasteiger partial charge >= 0.3 is 0 Å². The van der Waals surface area contributed by atoms with E-state index in [2.05, 4.69) is 19.2 Å². The summed E-state index contributed by atoms with van der Waals surface area (Å²) >= 11 is 4.14. The van der Waals surface area contributed by atoms with Crippen molar-refractivity contribution in [2.75, 3.05) is 0 Å². The molecule has 0 aromatic heterocycles. The second-order valence-electron chi connectivity index (χ2n) is 2.58. The molecule has 2 heteroatoms. The number of rotatable bonds is 2. The van der Waals surface area contributed by atoms with E-state index >= 15 is 0 Å². The van der Waals surface area contributed by atoms with Crippen LogP contribution >= 0.6 is 12.6 Å². The maximum Gasteiger partial charge on any atom is 0.159 e. The van der Waals surface area contributed by atoms with Gasteiger partial charge < -0.3 is 0 Å². The van der Waals surface area contributed by atoms with Gasteiger partial charge in [0, 0.05) is 10.5 Å². The second kappa shape index (κ2) is 3.59. The van der Waals surface area contributed by atoms with Crippen LogP contribution in [0.15, 0.2) is 35.7 Å². The van der Waals surface area contributed by atoms with Gasteiger partial charge in [0.1, 0.15) is 0 Å². The second-order valence-corrected chi connectivity index (χ2v) is 3.10. The highest BCUT2D eigenvalue weighted by Crippen LogP contribution is 2.15. The maximum atomic E-state index is 10.9. The van der Waals surface area contributed by atoms with Crippen LogP contribution in [0.2, 0.25) is 0 Å². The Kier molecular flexibility index (Phi) is 2.71. The quantitative estimate of drug-likeness (QED) is 0.544. The monoisotopic (exact) mass is 178 g/mol. The van der Waals surface area contributed by atoms with Gasteiger partial charge in [-0.15, -0.1) is 12.6 Å². The van der Waals surface area contributed by atoms with Crippen molar-refractivity contribution in [3.63, 3.8) is 0 Å². The van der Waals surface area contributed by atoms with Crippen LogP contribution in [-0.4, -0.2) is 5.78 Å². The van der Waals surface area contributed by atoms with Gasteiger partial charge in [-0.25, -0.2) is 0 Å². The lowest BCUT2D eigenvalue weighted by Gasteiger charge is -2.00. The van der Waals surface area contributed by atoms with Crippen LogP contribution in [0, 0.1) is 0 Å². The number of benzene rings is 1. The van der Waals surface area contributed by atoms with E-state index in [4.69, 9.17) is 0 Å². The lowest BCUT2D eigenvalue weighted by molar-refractivity contribution is -0.111. The molecule has 1 nitrogen and oxygen atoms in total. The summed E-state index contributed by atoms with van der Waals surface area (Å²) in [7, 11) is 0. The molecule has 0 bridgehead atoms. The van der Waals surface area contributed by atoms with E-state index in [0.717, 1.165) is 10.5 Å². The normalized spacial score (nSPS) is 9.50. The molecule has 0 aliphatic carbocycles. The molecule has 0 aliphatic heterocycles. The van der Waals surface area contributed by atoms with Gasteiger partial charge in [-0.05, 0) is 24.6 Å². The Labute approximate surface area is 77.5 Å². The first-order valence-corrected chi connectivity index (χ1v) is 4.05. The predicted octanol–water partition coefficient (Wildman–Crippen LogP) is 2.58. The molecule has 1 aromatic rings. The third-order valence-corrected chi connectivity index (χ3v) is 1.94. The fourth-order valence-electron chi connectivity index (χ4n) is 0.866. The maximum absolute atomic E-state index is 10.9. The summed E-state index contributed by atoms with van der Waals surface area (Å²) in [5, 5.41) is 0. The molecule has 0 aliphatic rings. The van der Waals surface area contributed by atoms with Gasteiger partial charge in [0.25, 0.3) is 0 Å². The van der Waals surface area contributed by atoms with Crippen LogP contribution in [0.5, 0.6) is 0 Å². The fraction of sp³-hybridized carbons (Fsp3) is 0.100. The molecule has 0 heterocycles. The lowest BCUT2D eigenvalue weighted by Crippen LogP contribution is -1.93. The zero-order valence-electron chi connectivity index (χ0n) is 6.87. The van der Waals surface area contributed by atoms with Crippen molar-refractivity contribution >= 4 is 24.0 Å². The molecule has 0 saturated carbocycles. The van der Waals surface area contributed by atoms with Crippen molar-refractivity contribution < 1.29 is 4.79 Å². The number of carbonyl (C=O) groups is 1. The standard InChI is InChI=1S/C10H10OS/c1-7(8(2)11)9-3-5-10(12)6-4-9/h3-6,12H,1H2,2H3. The number of carbonyl (C=O) groups excluding carboxylic acids is 1. The minimum Gasteiger partial charge on any atom is -0.295 e. The SMILES string of the molecule is C=C(C(C)=O)c1ccc(S)cc1. The summed E-state index contributed by atoms with van der Waals surface area (Å²) < 4.78 is 0. The van der Waals surface area contributed by atoms with Gasteiger partial charge in [0.2, 0.25) is 0 Å². The van der Waals surface area contributed by atoms with Gasteiger partial charge in [0.05, 0.1) is 0 Å². The van der Waals surface area contributed by atoms with E-state index in [1.54, 1.807) is 0 Å². The number of hydrogen-bond donors (Lipinski definition) is 1. The summed E-state index contributed by atoms with van der Waals surface area (Å²) in [6.45, 7) is 5.19. The van der Waals surface area contributed by atoms with Crippen LogP contribution in [-0.2, 0) is 4.79 Å². The van der Waals surface area contributed by atoms with Crippen LogP contribution in [0.3, 0.4) is 0 Å². The van der Waals surface area contributed by atoms with E-state index < -0.39 is 0 Å². The molecule has 62 valence electrons. The molecule has 0 fully saturated rings. The van der Waals surface area contributed by atoms with E-state index in [9.17, 15) is 4.79 Å². The van der Waals surface area contributed by atoms with E-state index in [1.165, 1.54) is 6.92 Å². The number of hydrogen-bond acceptors (Lipinski definition) is 2. The summed E-state index contributed by atoms with van der Waals surface area (Å²) in [6, 6.07) is 7.36. The minimum absolute atomic E-state index is 0.00177. The zero-order chi connectivity index (χ0) is 9.14. The molecule has 0 N–H and O–H groups in total. The Balaban J connectivity index is 2.98. The molecule has 0 spiro atoms. The lowest BCUT2D eigenvalue weighted by atomic mass is 10.1. The molecule has 0 unspecified atom stereocenters. The summed E-state index contributed by atoms with van der Waals surface area (Å²) in [5.41, 5.74) is 1.41. The van der Waals surface area contributed by atoms with Gasteiger partial charge in [0.15, 0.2) is 5.78 Å². The van der Waals surface area contributed by atoms with E-state index in [0.29, 0.717) is 5.57 Å². The van der Waals surface area contributed by atoms with Crippen molar-refractivity contribution in [1.29, 1.82) is 0 Å². The van der Waals surface area contributed by atoms with E-state index in [1.807, 2.05) is 24.3 Å². The van der Waals surface area contributed by atoms with E-state index in [-0.39, 0.29) is 5.78 Å². The smallest absolute Gasteiger partial charge is 0.159 e. The van der Waals surface area contributed by atoms with Crippen LogP contribution in [0.4, 0.5) is 0 Å². The highest BCUT2D eigenvalue weighted by atomic mass is 32.1. The van der Waals surface area contributed by atoms with Gasteiger partial charge in [-0.3, -0.25) is 4.79 Å². The molecular weight excluding hydrogens is 168 g/mol. The van der Waals surface area contributed by atoms with Crippen molar-refractivity contribution in [1.82, 2.24) is 0 Å². The Morgan fingerprint density at radius 1 is 1.33 bits per heavy atom. The van der Waals surface area contributed by atoms with Crippen molar-refractivity contribution in [3.05, 3.63) is 36.4 Å². The molecule has 0 atom stereocenters. The summed E-state index contributed by atoms with van der Waals surface area (Å²) in [6.07, 6.45) is 0. The average molecular weight is 178 g/mol. The Morgan fingerprint density at radius 2 is 1.83 bits per heavy atom. The average Bonchev–Trinajstić information content (AvgIpc) is 2.04. The topological polar surface area (TPSA) is 17.1 Å². The molecule has 12 heavy (non-hydrogen) atoms. The number of thiol groups is 1. The van der Waals surface area contributed by atoms with Gasteiger partial charge in [-0.1, -0.05) is 18.7 Å². The summed E-state index contributed by atoms with van der Waals surface area (Å²) in [4.78, 5) is 11.8. The molecule has 0 amide bonds. The molecule has 1 rings (SSSR count). The predicted molar refractivity (Wildman–Crippen MR) is 53.4 cm³/mol. The highest BCUT2D eigenvalue weighted by molar-refractivity contribution is 7.80. The fourth-order valence-corrected chi connectivity index (χ4v) is 1.01. The molecule has 0 saturated heterocycles. The Bertz CT molecular complexity index is 311.